The quantitative estimate of drug-likeness (QED) is 0.750. The first kappa shape index (κ1) is 16.2. The Bertz CT molecular complexity index is 1020. The number of carboxylic acids is 1. The molecule has 0 radical (unpaired) electrons. The molecule has 1 amide bonds. The first-order valence-corrected chi connectivity index (χ1v) is 8.21. The molecule has 5 nitrogen and oxygen atoms in total. The topological polar surface area (TPSA) is 79.3 Å². The second-order valence-electron chi connectivity index (χ2n) is 6.39. The Morgan fingerprint density at radius 2 is 1.88 bits per heavy atom. The third-order valence-corrected chi connectivity index (χ3v) is 4.73. The van der Waals surface area contributed by atoms with Crippen molar-refractivity contribution < 1.29 is 19.1 Å². The zero-order chi connectivity index (χ0) is 18.3. The molecule has 2 atom stereocenters. The Balaban J connectivity index is 1.48. The van der Waals surface area contributed by atoms with Crippen molar-refractivity contribution in [2.75, 3.05) is 5.32 Å². The van der Waals surface area contributed by atoms with E-state index >= 15 is 0 Å². The maximum Gasteiger partial charge on any atom is 0.335 e. The summed E-state index contributed by atoms with van der Waals surface area (Å²) >= 11 is 0. The number of carbonyl (C=O) groups is 2. The number of fused-ring (bicyclic) bond motifs is 1. The van der Waals surface area contributed by atoms with Crippen LogP contribution in [0, 0.1) is 11.7 Å². The van der Waals surface area contributed by atoms with Crippen molar-refractivity contribution >= 4 is 28.3 Å². The van der Waals surface area contributed by atoms with Crippen molar-refractivity contribution in [3.63, 3.8) is 0 Å². The van der Waals surface area contributed by atoms with Crippen LogP contribution >= 0.6 is 0 Å². The van der Waals surface area contributed by atoms with Gasteiger partial charge in [0.1, 0.15) is 0 Å². The molecule has 2 aromatic carbocycles. The molecule has 0 aliphatic heterocycles. The Hall–Kier alpha value is -3.28. The Kier molecular flexibility index (Phi) is 3.88. The van der Waals surface area contributed by atoms with Gasteiger partial charge in [0.15, 0.2) is 5.82 Å². The van der Waals surface area contributed by atoms with Crippen LogP contribution in [0.5, 0.6) is 0 Å². The Morgan fingerprint density at radius 3 is 2.62 bits per heavy atom. The van der Waals surface area contributed by atoms with Crippen LogP contribution in [0.3, 0.4) is 0 Å². The van der Waals surface area contributed by atoms with Gasteiger partial charge in [0.05, 0.1) is 11.3 Å². The summed E-state index contributed by atoms with van der Waals surface area (Å²) in [5.74, 6) is -1.89. The van der Waals surface area contributed by atoms with E-state index in [-0.39, 0.29) is 29.0 Å². The average molecular weight is 350 g/mol. The van der Waals surface area contributed by atoms with E-state index in [1.165, 1.54) is 24.4 Å². The molecule has 1 aromatic heterocycles. The number of halogens is 1. The molecule has 0 bridgehead atoms. The molecule has 1 saturated carbocycles. The number of amides is 1. The van der Waals surface area contributed by atoms with Crippen LogP contribution in [0.25, 0.3) is 10.8 Å². The summed E-state index contributed by atoms with van der Waals surface area (Å²) in [5.41, 5.74) is 1.28. The molecule has 2 N–H and O–H groups in total. The van der Waals surface area contributed by atoms with Crippen molar-refractivity contribution in [2.24, 2.45) is 5.92 Å². The van der Waals surface area contributed by atoms with Gasteiger partial charge in [-0.1, -0.05) is 18.2 Å². The molecule has 1 fully saturated rings. The van der Waals surface area contributed by atoms with Crippen molar-refractivity contribution in [1.29, 1.82) is 0 Å². The minimum atomic E-state index is -0.983. The number of hydrogen-bond acceptors (Lipinski definition) is 3. The Morgan fingerprint density at radius 1 is 1.12 bits per heavy atom. The van der Waals surface area contributed by atoms with Gasteiger partial charge in [-0.15, -0.1) is 0 Å². The molecule has 130 valence electrons. The van der Waals surface area contributed by atoms with Crippen LogP contribution < -0.4 is 5.32 Å². The summed E-state index contributed by atoms with van der Waals surface area (Å²) in [6, 6.07) is 11.3. The van der Waals surface area contributed by atoms with E-state index < -0.39 is 11.8 Å². The molecule has 1 heterocycles. The van der Waals surface area contributed by atoms with E-state index in [1.54, 1.807) is 30.5 Å². The summed E-state index contributed by atoms with van der Waals surface area (Å²) in [6.07, 6.45) is 3.74. The monoisotopic (exact) mass is 350 g/mol. The molecule has 3 aromatic rings. The molecule has 0 unspecified atom stereocenters. The van der Waals surface area contributed by atoms with Crippen molar-refractivity contribution in [2.45, 2.75) is 12.3 Å². The molecule has 26 heavy (non-hydrogen) atoms. The van der Waals surface area contributed by atoms with E-state index in [0.717, 1.165) is 5.56 Å². The minimum Gasteiger partial charge on any atom is -0.478 e. The summed E-state index contributed by atoms with van der Waals surface area (Å²) in [4.78, 5) is 27.3. The number of pyridine rings is 1. The van der Waals surface area contributed by atoms with Gasteiger partial charge in [-0.2, -0.15) is 0 Å². The summed E-state index contributed by atoms with van der Waals surface area (Å²) in [6.45, 7) is 0. The lowest BCUT2D eigenvalue weighted by atomic mass is 10.1. The van der Waals surface area contributed by atoms with Gasteiger partial charge in [0.25, 0.3) is 0 Å². The number of benzene rings is 2. The fraction of sp³-hybridized carbons (Fsp3) is 0.150. The Labute approximate surface area is 148 Å². The number of nitrogens with one attached hydrogen (secondary N) is 1. The van der Waals surface area contributed by atoms with E-state index in [9.17, 15) is 14.0 Å². The van der Waals surface area contributed by atoms with E-state index in [0.29, 0.717) is 17.2 Å². The van der Waals surface area contributed by atoms with Gasteiger partial charge >= 0.3 is 5.97 Å². The second-order valence-corrected chi connectivity index (χ2v) is 6.39. The van der Waals surface area contributed by atoms with Crippen LogP contribution in [0.2, 0.25) is 0 Å². The van der Waals surface area contributed by atoms with Crippen molar-refractivity contribution in [1.82, 2.24) is 4.98 Å². The van der Waals surface area contributed by atoms with Crippen molar-refractivity contribution in [3.05, 3.63) is 71.8 Å². The number of aromatic nitrogens is 1. The zero-order valence-electron chi connectivity index (χ0n) is 13.6. The number of aromatic carboxylic acids is 1. The van der Waals surface area contributed by atoms with Crippen LogP contribution in [-0.2, 0) is 4.79 Å². The highest BCUT2D eigenvalue weighted by Gasteiger charge is 2.44. The maximum atomic E-state index is 14.6. The normalized spacial score (nSPS) is 18.5. The van der Waals surface area contributed by atoms with Gasteiger partial charge in [0.2, 0.25) is 5.91 Å². The lowest BCUT2D eigenvalue weighted by Crippen LogP contribution is -2.15. The van der Waals surface area contributed by atoms with Gasteiger partial charge in [-0.25, -0.2) is 9.18 Å². The van der Waals surface area contributed by atoms with E-state index in [4.69, 9.17) is 5.11 Å². The van der Waals surface area contributed by atoms with Crippen LogP contribution in [0.1, 0.15) is 28.3 Å². The number of carboxylic acid groups (broad SMARTS) is 1. The van der Waals surface area contributed by atoms with E-state index in [1.807, 2.05) is 0 Å². The summed E-state index contributed by atoms with van der Waals surface area (Å²) in [7, 11) is 0. The third kappa shape index (κ3) is 2.90. The molecule has 1 aliphatic carbocycles. The smallest absolute Gasteiger partial charge is 0.335 e. The fourth-order valence-corrected chi connectivity index (χ4v) is 3.18. The van der Waals surface area contributed by atoms with E-state index in [2.05, 4.69) is 10.3 Å². The number of anilines is 1. The van der Waals surface area contributed by atoms with Crippen LogP contribution in [0.4, 0.5) is 10.1 Å². The lowest BCUT2D eigenvalue weighted by molar-refractivity contribution is -0.117. The molecule has 4 rings (SSSR count). The molecule has 0 spiro atoms. The number of rotatable bonds is 4. The zero-order valence-corrected chi connectivity index (χ0v) is 13.6. The van der Waals surface area contributed by atoms with Gasteiger partial charge in [-0.3, -0.25) is 9.78 Å². The number of carbonyl (C=O) groups excluding carboxylic acids is 1. The minimum absolute atomic E-state index is 0.0329. The highest BCUT2D eigenvalue weighted by molar-refractivity contribution is 5.97. The van der Waals surface area contributed by atoms with Gasteiger partial charge in [-0.05, 0) is 42.2 Å². The number of nitrogens with zero attached hydrogens (tertiary/aromatic N) is 1. The fourth-order valence-electron chi connectivity index (χ4n) is 3.18. The first-order valence-electron chi connectivity index (χ1n) is 8.21. The molecular formula is C20H15FN2O3. The molecular weight excluding hydrogens is 335 g/mol. The van der Waals surface area contributed by atoms with Crippen molar-refractivity contribution in [3.8, 4) is 0 Å². The highest BCUT2D eigenvalue weighted by atomic mass is 19.1. The summed E-state index contributed by atoms with van der Waals surface area (Å²) in [5, 5.41) is 12.7. The third-order valence-electron chi connectivity index (χ3n) is 4.73. The molecule has 6 heteroatoms. The number of hydrogen-bond donors (Lipinski definition) is 2. The molecule has 0 saturated heterocycles. The highest BCUT2D eigenvalue weighted by Crippen LogP contribution is 2.48. The summed E-state index contributed by atoms with van der Waals surface area (Å²) < 4.78 is 14.6. The predicted molar refractivity (Wildman–Crippen MR) is 94.6 cm³/mol. The molecule has 1 aliphatic rings. The SMILES string of the molecule is O=C(O)c1ccc([C@@H]2C[C@H]2C(=O)Nc2ccc3cnccc3c2F)cc1. The first-order chi connectivity index (χ1) is 12.5. The lowest BCUT2D eigenvalue weighted by Gasteiger charge is -2.08. The van der Waals surface area contributed by atoms with Crippen LogP contribution in [-0.4, -0.2) is 22.0 Å². The standard InChI is InChI=1S/C20H15FN2O3/c21-18-14-7-8-22-10-13(14)5-6-17(18)23-19(24)16-9-15(16)11-1-3-12(4-2-11)20(25)26/h1-8,10,15-16H,9H2,(H,23,24)(H,25,26)/t15-,16+/m0/s1. The average Bonchev–Trinajstić information content (AvgIpc) is 3.45. The van der Waals surface area contributed by atoms with Gasteiger partial charge < -0.3 is 10.4 Å². The van der Waals surface area contributed by atoms with Gasteiger partial charge in [0, 0.05) is 29.1 Å². The maximum absolute atomic E-state index is 14.6. The largest absolute Gasteiger partial charge is 0.478 e. The van der Waals surface area contributed by atoms with Crippen LogP contribution in [0.15, 0.2) is 54.9 Å². The second kappa shape index (κ2) is 6.22. The predicted octanol–water partition coefficient (Wildman–Crippen LogP) is 3.81.